The van der Waals surface area contributed by atoms with Crippen molar-refractivity contribution in [2.45, 2.75) is 27.7 Å². The van der Waals surface area contributed by atoms with Crippen LogP contribution in [-0.4, -0.2) is 32.7 Å². The first-order valence-corrected chi connectivity index (χ1v) is 7.17. The van der Waals surface area contributed by atoms with E-state index in [1.54, 1.807) is 7.05 Å². The van der Waals surface area contributed by atoms with Crippen molar-refractivity contribution < 1.29 is 4.74 Å². The van der Waals surface area contributed by atoms with Crippen LogP contribution in [0.1, 0.15) is 25.0 Å². The Bertz CT molecular complexity index is 427. The molecular weight excluding hydrogens is 377 g/mol. The molecule has 0 aliphatic rings. The summed E-state index contributed by atoms with van der Waals surface area (Å²) in [5.74, 6) is 2.34. The smallest absolute Gasteiger partial charge is 0.191 e. The van der Waals surface area contributed by atoms with Gasteiger partial charge in [0.15, 0.2) is 5.96 Å². The molecule has 2 N–H and O–H groups in total. The highest BCUT2D eigenvalue weighted by Crippen LogP contribution is 2.15. The fourth-order valence-electron chi connectivity index (χ4n) is 1.88. The number of hydrogen-bond donors (Lipinski definition) is 2. The topological polar surface area (TPSA) is 45.7 Å². The van der Waals surface area contributed by atoms with Gasteiger partial charge in [0.1, 0.15) is 12.4 Å². The third-order valence-electron chi connectivity index (χ3n) is 2.76. The molecule has 120 valence electrons. The molecule has 0 unspecified atom stereocenters. The van der Waals surface area contributed by atoms with Crippen molar-refractivity contribution in [2.24, 2.45) is 10.9 Å². The van der Waals surface area contributed by atoms with Crippen LogP contribution in [0, 0.1) is 19.8 Å². The van der Waals surface area contributed by atoms with Crippen LogP contribution in [0.2, 0.25) is 0 Å². The molecule has 0 atom stereocenters. The molecule has 0 fully saturated rings. The van der Waals surface area contributed by atoms with Crippen LogP contribution in [0.15, 0.2) is 23.2 Å². The minimum atomic E-state index is 0. The van der Waals surface area contributed by atoms with Gasteiger partial charge in [-0.15, -0.1) is 24.0 Å². The van der Waals surface area contributed by atoms with Gasteiger partial charge in [0.05, 0.1) is 6.54 Å². The van der Waals surface area contributed by atoms with Crippen LogP contribution in [0.3, 0.4) is 0 Å². The standard InChI is InChI=1S/C16H27N3O.HI/c1-12(2)11-19-16(17-5)18-6-7-20-15-9-13(3)8-14(4)10-15;/h8-10,12H,6-7,11H2,1-5H3,(H2,17,18,19);1H. The molecule has 0 radical (unpaired) electrons. The zero-order valence-corrected chi connectivity index (χ0v) is 16.0. The predicted octanol–water partition coefficient (Wildman–Crippen LogP) is 3.12. The molecule has 0 saturated heterocycles. The highest BCUT2D eigenvalue weighted by Gasteiger charge is 2.00. The van der Waals surface area contributed by atoms with E-state index < -0.39 is 0 Å². The van der Waals surface area contributed by atoms with Gasteiger partial charge in [-0.05, 0) is 43.0 Å². The molecule has 0 aromatic heterocycles. The van der Waals surface area contributed by atoms with Crippen molar-refractivity contribution in [1.82, 2.24) is 10.6 Å². The Hall–Kier alpha value is -0.980. The summed E-state index contributed by atoms with van der Waals surface area (Å²) in [6.07, 6.45) is 0. The Labute approximate surface area is 145 Å². The molecule has 5 heteroatoms. The molecule has 0 aliphatic heterocycles. The van der Waals surface area contributed by atoms with Crippen molar-refractivity contribution in [2.75, 3.05) is 26.7 Å². The van der Waals surface area contributed by atoms with E-state index in [1.165, 1.54) is 11.1 Å². The Kier molecular flexibility index (Phi) is 10.2. The lowest BCUT2D eigenvalue weighted by atomic mass is 10.1. The van der Waals surface area contributed by atoms with Gasteiger partial charge in [-0.1, -0.05) is 19.9 Å². The van der Waals surface area contributed by atoms with Crippen molar-refractivity contribution in [1.29, 1.82) is 0 Å². The predicted molar refractivity (Wildman–Crippen MR) is 101 cm³/mol. The lowest BCUT2D eigenvalue weighted by Gasteiger charge is -2.14. The fraction of sp³-hybridized carbons (Fsp3) is 0.562. The minimum Gasteiger partial charge on any atom is -0.492 e. The first-order chi connectivity index (χ1) is 9.51. The first-order valence-electron chi connectivity index (χ1n) is 7.17. The number of guanidine groups is 1. The summed E-state index contributed by atoms with van der Waals surface area (Å²) in [4.78, 5) is 4.17. The lowest BCUT2D eigenvalue weighted by Crippen LogP contribution is -2.40. The van der Waals surface area contributed by atoms with Crippen LogP contribution >= 0.6 is 24.0 Å². The van der Waals surface area contributed by atoms with Gasteiger partial charge in [0.25, 0.3) is 0 Å². The van der Waals surface area contributed by atoms with Crippen molar-refractivity contribution in [3.8, 4) is 5.75 Å². The number of aryl methyl sites for hydroxylation is 2. The number of hydrogen-bond acceptors (Lipinski definition) is 2. The van der Waals surface area contributed by atoms with E-state index in [-0.39, 0.29) is 24.0 Å². The van der Waals surface area contributed by atoms with Gasteiger partial charge in [0.2, 0.25) is 0 Å². The Balaban J connectivity index is 0.00000400. The molecule has 0 amide bonds. The number of aliphatic imine (C=N–C) groups is 1. The number of nitrogens with one attached hydrogen (secondary N) is 2. The number of halogens is 1. The van der Waals surface area contributed by atoms with Crippen LogP contribution in [0.5, 0.6) is 5.75 Å². The first kappa shape index (κ1) is 20.0. The van der Waals surface area contributed by atoms with Crippen molar-refractivity contribution in [3.63, 3.8) is 0 Å². The number of ether oxygens (including phenoxy) is 1. The van der Waals surface area contributed by atoms with Crippen LogP contribution in [0.4, 0.5) is 0 Å². The zero-order valence-electron chi connectivity index (χ0n) is 13.7. The van der Waals surface area contributed by atoms with Crippen LogP contribution in [-0.2, 0) is 0 Å². The van der Waals surface area contributed by atoms with Gasteiger partial charge >= 0.3 is 0 Å². The van der Waals surface area contributed by atoms with E-state index in [9.17, 15) is 0 Å². The normalized spacial score (nSPS) is 11.0. The van der Waals surface area contributed by atoms with Gasteiger partial charge < -0.3 is 15.4 Å². The summed E-state index contributed by atoms with van der Waals surface area (Å²) in [6.45, 7) is 10.8. The van der Waals surface area contributed by atoms with E-state index in [0.717, 1.165) is 24.8 Å². The zero-order chi connectivity index (χ0) is 15.0. The van der Waals surface area contributed by atoms with Gasteiger partial charge in [-0.25, -0.2) is 0 Å². The Morgan fingerprint density at radius 1 is 1.14 bits per heavy atom. The summed E-state index contributed by atoms with van der Waals surface area (Å²) in [7, 11) is 1.78. The Morgan fingerprint density at radius 2 is 1.76 bits per heavy atom. The maximum Gasteiger partial charge on any atom is 0.191 e. The summed E-state index contributed by atoms with van der Waals surface area (Å²) in [6, 6.07) is 6.25. The third-order valence-corrected chi connectivity index (χ3v) is 2.76. The quantitative estimate of drug-likeness (QED) is 0.331. The average Bonchev–Trinajstić information content (AvgIpc) is 2.36. The largest absolute Gasteiger partial charge is 0.492 e. The lowest BCUT2D eigenvalue weighted by molar-refractivity contribution is 0.321. The van der Waals surface area contributed by atoms with Crippen LogP contribution < -0.4 is 15.4 Å². The van der Waals surface area contributed by atoms with E-state index in [1.807, 2.05) is 0 Å². The minimum absolute atomic E-state index is 0. The van der Waals surface area contributed by atoms with E-state index in [2.05, 4.69) is 61.5 Å². The second-order valence-corrected chi connectivity index (χ2v) is 5.45. The molecular formula is C16H28IN3O. The summed E-state index contributed by atoms with van der Waals surface area (Å²) >= 11 is 0. The van der Waals surface area contributed by atoms with E-state index in [4.69, 9.17) is 4.74 Å². The van der Waals surface area contributed by atoms with Gasteiger partial charge in [-0.3, -0.25) is 4.99 Å². The van der Waals surface area contributed by atoms with E-state index in [0.29, 0.717) is 12.5 Å². The average molecular weight is 405 g/mol. The number of benzene rings is 1. The molecule has 0 aliphatic carbocycles. The fourth-order valence-corrected chi connectivity index (χ4v) is 1.88. The monoisotopic (exact) mass is 405 g/mol. The second kappa shape index (κ2) is 10.7. The summed E-state index contributed by atoms with van der Waals surface area (Å²) in [5.41, 5.74) is 2.45. The highest BCUT2D eigenvalue weighted by molar-refractivity contribution is 14.0. The maximum atomic E-state index is 5.74. The molecule has 1 rings (SSSR count). The van der Waals surface area contributed by atoms with E-state index >= 15 is 0 Å². The molecule has 21 heavy (non-hydrogen) atoms. The van der Waals surface area contributed by atoms with Gasteiger partial charge in [-0.2, -0.15) is 0 Å². The molecule has 0 bridgehead atoms. The Morgan fingerprint density at radius 3 is 2.29 bits per heavy atom. The number of nitrogens with zero attached hydrogens (tertiary/aromatic N) is 1. The maximum absolute atomic E-state index is 5.74. The van der Waals surface area contributed by atoms with Crippen molar-refractivity contribution >= 4 is 29.9 Å². The third kappa shape index (κ3) is 8.80. The summed E-state index contributed by atoms with van der Waals surface area (Å²) < 4.78 is 5.74. The SMILES string of the molecule is CN=C(NCCOc1cc(C)cc(C)c1)NCC(C)C.I. The molecule has 4 nitrogen and oxygen atoms in total. The summed E-state index contributed by atoms with van der Waals surface area (Å²) in [5, 5.41) is 6.51. The number of rotatable bonds is 6. The molecule has 1 aromatic rings. The van der Waals surface area contributed by atoms with Crippen LogP contribution in [0.25, 0.3) is 0 Å². The molecule has 0 spiro atoms. The van der Waals surface area contributed by atoms with Gasteiger partial charge in [0, 0.05) is 13.6 Å². The molecule has 0 saturated carbocycles. The van der Waals surface area contributed by atoms with Crippen molar-refractivity contribution in [3.05, 3.63) is 29.3 Å². The molecule has 1 aromatic carbocycles. The second-order valence-electron chi connectivity index (χ2n) is 5.45. The highest BCUT2D eigenvalue weighted by atomic mass is 127. The molecule has 0 heterocycles.